The van der Waals surface area contributed by atoms with E-state index in [-0.39, 0.29) is 23.0 Å². The number of hydrogen-bond acceptors (Lipinski definition) is 4. The second kappa shape index (κ2) is 7.79. The Hall–Kier alpha value is -0.883. The summed E-state index contributed by atoms with van der Waals surface area (Å²) in [5.74, 6) is -0.741. The molecule has 3 atom stereocenters. The summed E-state index contributed by atoms with van der Waals surface area (Å²) in [6.07, 6.45) is 2.52. The van der Waals surface area contributed by atoms with Gasteiger partial charge >= 0.3 is 5.97 Å². The van der Waals surface area contributed by atoms with Crippen molar-refractivity contribution < 1.29 is 18.8 Å². The quantitative estimate of drug-likeness (QED) is 0.316. The van der Waals surface area contributed by atoms with Crippen molar-refractivity contribution in [3.63, 3.8) is 0 Å². The van der Waals surface area contributed by atoms with Gasteiger partial charge in [-0.25, -0.2) is 0 Å². The predicted octanol–water partition coefficient (Wildman–Crippen LogP) is 3.59. The van der Waals surface area contributed by atoms with Crippen LogP contribution in [0.1, 0.15) is 60.3 Å². The van der Waals surface area contributed by atoms with Crippen molar-refractivity contribution in [2.75, 3.05) is 0 Å². The van der Waals surface area contributed by atoms with Crippen molar-refractivity contribution in [1.29, 1.82) is 0 Å². The van der Waals surface area contributed by atoms with E-state index in [1.54, 1.807) is 0 Å². The van der Waals surface area contributed by atoms with Gasteiger partial charge in [0.2, 0.25) is 5.91 Å². The maximum absolute atomic E-state index is 11.9. The Labute approximate surface area is 141 Å². The number of amides is 1. The molecule has 1 rings (SSSR count). The fourth-order valence-corrected chi connectivity index (χ4v) is 3.79. The Morgan fingerprint density at radius 3 is 2.39 bits per heavy atom. The molecule has 1 aliphatic rings. The number of carbonyl (C=O) groups excluding carboxylic acids is 2. The molecule has 1 amide bonds. The number of ether oxygens (including phenoxy) is 1. The molecule has 1 saturated heterocycles. The molecule has 0 aromatic carbocycles. The zero-order valence-corrected chi connectivity index (χ0v) is 16.7. The minimum Gasteiger partial charge on any atom is -0.441 e. The first-order valence-corrected chi connectivity index (χ1v) is 11.6. The molecule has 1 aliphatic heterocycles. The standard InChI is InChI=1S/C17H33NO4Si/c1-8-9-10-11-13(19)21-16-14(15(20)18-16)12(2)22-23(6,7)17(3,4)5/h12,14,16H,8-11H2,1-7H3,(H,18,20)/t12-,14+,16-/m1/s1. The lowest BCUT2D eigenvalue weighted by molar-refractivity contribution is -0.174. The number of hydrogen-bond donors (Lipinski definition) is 1. The summed E-state index contributed by atoms with van der Waals surface area (Å²) in [6, 6.07) is 0. The molecular weight excluding hydrogens is 310 g/mol. The zero-order valence-electron chi connectivity index (χ0n) is 15.7. The first-order chi connectivity index (χ1) is 10.5. The first kappa shape index (κ1) is 20.2. The molecule has 23 heavy (non-hydrogen) atoms. The molecule has 6 heteroatoms. The fourth-order valence-electron chi connectivity index (χ4n) is 2.36. The highest BCUT2D eigenvalue weighted by molar-refractivity contribution is 6.74. The maximum atomic E-state index is 11.9. The number of nitrogens with one attached hydrogen (secondary N) is 1. The molecule has 134 valence electrons. The number of esters is 1. The number of carbonyl (C=O) groups is 2. The van der Waals surface area contributed by atoms with Crippen molar-refractivity contribution in [1.82, 2.24) is 5.32 Å². The minimum absolute atomic E-state index is 0.0772. The van der Waals surface area contributed by atoms with Crippen LogP contribution in [0.4, 0.5) is 0 Å². The van der Waals surface area contributed by atoms with Gasteiger partial charge in [-0.3, -0.25) is 9.59 Å². The summed E-state index contributed by atoms with van der Waals surface area (Å²) < 4.78 is 11.7. The Balaban J connectivity index is 2.57. The predicted molar refractivity (Wildman–Crippen MR) is 93.4 cm³/mol. The topological polar surface area (TPSA) is 64.6 Å². The molecule has 1 fully saturated rings. The highest BCUT2D eigenvalue weighted by Crippen LogP contribution is 2.39. The van der Waals surface area contributed by atoms with E-state index in [4.69, 9.17) is 9.16 Å². The normalized spacial score (nSPS) is 23.0. The lowest BCUT2D eigenvalue weighted by Crippen LogP contribution is -2.65. The second-order valence-corrected chi connectivity index (χ2v) is 12.7. The van der Waals surface area contributed by atoms with Crippen LogP contribution in [0.3, 0.4) is 0 Å². The molecule has 5 nitrogen and oxygen atoms in total. The SMILES string of the molecule is CCCCCC(=O)O[C@H]1NC(=O)[C@@H]1[C@@H](C)O[Si](C)(C)C(C)(C)C. The van der Waals surface area contributed by atoms with E-state index in [0.29, 0.717) is 6.42 Å². The monoisotopic (exact) mass is 343 g/mol. The largest absolute Gasteiger partial charge is 0.441 e. The van der Waals surface area contributed by atoms with Crippen LogP contribution in [0.15, 0.2) is 0 Å². The van der Waals surface area contributed by atoms with Gasteiger partial charge in [0.15, 0.2) is 14.5 Å². The first-order valence-electron chi connectivity index (χ1n) is 8.67. The van der Waals surface area contributed by atoms with Gasteiger partial charge in [-0.05, 0) is 31.5 Å². The third-order valence-electron chi connectivity index (χ3n) is 4.95. The Kier molecular flexibility index (Phi) is 6.83. The molecule has 0 aromatic heterocycles. The smallest absolute Gasteiger partial charge is 0.307 e. The van der Waals surface area contributed by atoms with E-state index in [1.165, 1.54) is 0 Å². The summed E-state index contributed by atoms with van der Waals surface area (Å²) in [7, 11) is -1.96. The van der Waals surface area contributed by atoms with Gasteiger partial charge in [0.1, 0.15) is 5.92 Å². The molecule has 1 N–H and O–H groups in total. The third kappa shape index (κ3) is 5.31. The van der Waals surface area contributed by atoms with Gasteiger partial charge < -0.3 is 14.5 Å². The highest BCUT2D eigenvalue weighted by atomic mass is 28.4. The summed E-state index contributed by atoms with van der Waals surface area (Å²) in [6.45, 7) is 14.8. The van der Waals surface area contributed by atoms with Crippen LogP contribution in [0.5, 0.6) is 0 Å². The van der Waals surface area contributed by atoms with Crippen molar-refractivity contribution >= 4 is 20.2 Å². The molecule has 0 radical (unpaired) electrons. The summed E-state index contributed by atoms with van der Waals surface area (Å²) in [5, 5.41) is 2.75. The number of unbranched alkanes of at least 4 members (excludes halogenated alkanes) is 2. The zero-order chi connectivity index (χ0) is 17.8. The van der Waals surface area contributed by atoms with Crippen molar-refractivity contribution in [2.24, 2.45) is 5.92 Å². The van der Waals surface area contributed by atoms with Gasteiger partial charge in [-0.15, -0.1) is 0 Å². The lowest BCUT2D eigenvalue weighted by atomic mass is 9.93. The number of β-lactam (4-membered cyclic amide) rings is 1. The molecule has 0 spiro atoms. The van der Waals surface area contributed by atoms with Crippen molar-refractivity contribution in [2.45, 2.75) is 90.8 Å². The molecule has 0 saturated carbocycles. The average molecular weight is 344 g/mol. The summed E-state index contributed by atoms with van der Waals surface area (Å²) in [4.78, 5) is 23.7. The van der Waals surface area contributed by atoms with E-state index < -0.39 is 20.5 Å². The molecule has 0 bridgehead atoms. The van der Waals surface area contributed by atoms with E-state index in [2.05, 4.69) is 46.1 Å². The van der Waals surface area contributed by atoms with Crippen LogP contribution < -0.4 is 5.32 Å². The lowest BCUT2D eigenvalue weighted by Gasteiger charge is -2.44. The number of rotatable bonds is 8. The van der Waals surface area contributed by atoms with E-state index in [1.807, 2.05) is 6.92 Å². The van der Waals surface area contributed by atoms with Gasteiger partial charge in [-0.1, -0.05) is 40.5 Å². The Morgan fingerprint density at radius 2 is 1.91 bits per heavy atom. The fraction of sp³-hybridized carbons (Fsp3) is 0.882. The minimum atomic E-state index is -1.96. The second-order valence-electron chi connectivity index (χ2n) is 7.99. The van der Waals surface area contributed by atoms with E-state index >= 15 is 0 Å². The van der Waals surface area contributed by atoms with Crippen LogP contribution in [-0.4, -0.2) is 32.5 Å². The Bertz CT molecular complexity index is 431. The van der Waals surface area contributed by atoms with Gasteiger partial charge in [-0.2, -0.15) is 0 Å². The van der Waals surface area contributed by atoms with Crippen LogP contribution in [0, 0.1) is 5.92 Å². The maximum Gasteiger partial charge on any atom is 0.307 e. The van der Waals surface area contributed by atoms with Crippen LogP contribution in [0.25, 0.3) is 0 Å². The Morgan fingerprint density at radius 1 is 1.30 bits per heavy atom. The van der Waals surface area contributed by atoms with Crippen LogP contribution >= 0.6 is 0 Å². The molecule has 0 aliphatic carbocycles. The van der Waals surface area contributed by atoms with Gasteiger partial charge in [0, 0.05) is 6.42 Å². The van der Waals surface area contributed by atoms with Gasteiger partial charge in [0.25, 0.3) is 0 Å². The molecular formula is C17H33NO4Si. The van der Waals surface area contributed by atoms with E-state index in [9.17, 15) is 9.59 Å². The molecule has 0 unspecified atom stereocenters. The van der Waals surface area contributed by atoms with E-state index in [0.717, 1.165) is 19.3 Å². The van der Waals surface area contributed by atoms with Gasteiger partial charge in [0.05, 0.1) is 6.10 Å². The summed E-state index contributed by atoms with van der Waals surface area (Å²) in [5.41, 5.74) is 0. The van der Waals surface area contributed by atoms with Crippen LogP contribution in [0.2, 0.25) is 18.1 Å². The highest BCUT2D eigenvalue weighted by Gasteiger charge is 2.49. The summed E-state index contributed by atoms with van der Waals surface area (Å²) >= 11 is 0. The average Bonchev–Trinajstić information content (AvgIpc) is 2.35. The van der Waals surface area contributed by atoms with Crippen molar-refractivity contribution in [3.8, 4) is 0 Å². The molecule has 0 aromatic rings. The van der Waals surface area contributed by atoms with Crippen molar-refractivity contribution in [3.05, 3.63) is 0 Å². The third-order valence-corrected chi connectivity index (χ3v) is 9.52. The molecule has 1 heterocycles. The van der Waals surface area contributed by atoms with Crippen LogP contribution in [-0.2, 0) is 18.8 Å².